The van der Waals surface area contributed by atoms with E-state index in [2.05, 4.69) is 27.6 Å². The molecule has 84 valence electrons. The van der Waals surface area contributed by atoms with Crippen LogP contribution >= 0.6 is 11.3 Å². The normalized spacial score (nSPS) is 25.1. The monoisotopic (exact) mass is 233 g/mol. The quantitative estimate of drug-likeness (QED) is 0.865. The van der Waals surface area contributed by atoms with Gasteiger partial charge in [-0.1, -0.05) is 13.3 Å². The Morgan fingerprint density at radius 2 is 2.31 bits per heavy atom. The molecular formula is C12H15N3S. The third kappa shape index (κ3) is 1.67. The lowest BCUT2D eigenvalue weighted by molar-refractivity contribution is 0.555. The van der Waals surface area contributed by atoms with Crippen molar-refractivity contribution in [3.05, 3.63) is 17.8 Å². The molecule has 1 N–H and O–H groups in total. The highest BCUT2D eigenvalue weighted by Crippen LogP contribution is 2.31. The molecule has 16 heavy (non-hydrogen) atoms. The molecule has 0 spiro atoms. The Hall–Kier alpha value is -1.16. The second-order valence-electron chi connectivity index (χ2n) is 4.52. The highest BCUT2D eigenvalue weighted by molar-refractivity contribution is 7.17. The molecular weight excluding hydrogens is 218 g/mol. The zero-order chi connectivity index (χ0) is 11.0. The summed E-state index contributed by atoms with van der Waals surface area (Å²) in [7, 11) is 0. The molecule has 0 radical (unpaired) electrons. The summed E-state index contributed by atoms with van der Waals surface area (Å²) in [6, 6.07) is 2.63. The minimum absolute atomic E-state index is 0.584. The van der Waals surface area contributed by atoms with Gasteiger partial charge in [0.25, 0.3) is 0 Å². The van der Waals surface area contributed by atoms with E-state index in [9.17, 15) is 0 Å². The van der Waals surface area contributed by atoms with Crippen LogP contribution in [0.3, 0.4) is 0 Å². The Bertz CT molecular complexity index is 494. The number of thiophene rings is 1. The van der Waals surface area contributed by atoms with Crippen LogP contribution < -0.4 is 5.32 Å². The van der Waals surface area contributed by atoms with Crippen molar-refractivity contribution < 1.29 is 0 Å². The van der Waals surface area contributed by atoms with Crippen molar-refractivity contribution in [1.29, 1.82) is 0 Å². The van der Waals surface area contributed by atoms with E-state index in [0.29, 0.717) is 6.04 Å². The van der Waals surface area contributed by atoms with E-state index in [-0.39, 0.29) is 0 Å². The summed E-state index contributed by atoms with van der Waals surface area (Å²) < 4.78 is 1.18. The van der Waals surface area contributed by atoms with Crippen LogP contribution in [0.25, 0.3) is 10.2 Å². The second kappa shape index (κ2) is 4.01. The lowest BCUT2D eigenvalue weighted by atomic mass is 10.1. The van der Waals surface area contributed by atoms with Gasteiger partial charge >= 0.3 is 0 Å². The van der Waals surface area contributed by atoms with Gasteiger partial charge in [-0.25, -0.2) is 9.97 Å². The topological polar surface area (TPSA) is 37.8 Å². The molecule has 1 fully saturated rings. The van der Waals surface area contributed by atoms with Gasteiger partial charge in [-0.2, -0.15) is 0 Å². The van der Waals surface area contributed by atoms with Crippen molar-refractivity contribution >= 4 is 27.4 Å². The molecule has 3 nitrogen and oxygen atoms in total. The Balaban J connectivity index is 1.91. The van der Waals surface area contributed by atoms with Crippen LogP contribution in [0.5, 0.6) is 0 Å². The van der Waals surface area contributed by atoms with Gasteiger partial charge in [-0.3, -0.25) is 0 Å². The maximum absolute atomic E-state index is 4.37. The largest absolute Gasteiger partial charge is 0.366 e. The van der Waals surface area contributed by atoms with Crippen LogP contribution in [0.2, 0.25) is 0 Å². The molecule has 2 atom stereocenters. The average Bonchev–Trinajstić information content (AvgIpc) is 2.89. The predicted octanol–water partition coefficient (Wildman–Crippen LogP) is 3.29. The average molecular weight is 233 g/mol. The van der Waals surface area contributed by atoms with Crippen LogP contribution in [-0.2, 0) is 0 Å². The third-order valence-corrected chi connectivity index (χ3v) is 4.34. The lowest BCUT2D eigenvalue weighted by Gasteiger charge is -2.17. The molecule has 0 bridgehead atoms. The van der Waals surface area contributed by atoms with Crippen molar-refractivity contribution in [1.82, 2.24) is 9.97 Å². The number of hydrogen-bond acceptors (Lipinski definition) is 4. The molecule has 3 rings (SSSR count). The van der Waals surface area contributed by atoms with Crippen molar-refractivity contribution in [2.24, 2.45) is 5.92 Å². The maximum atomic E-state index is 4.37. The number of aromatic nitrogens is 2. The van der Waals surface area contributed by atoms with Gasteiger partial charge in [0.2, 0.25) is 0 Å². The van der Waals surface area contributed by atoms with Crippen molar-refractivity contribution in [3.63, 3.8) is 0 Å². The van der Waals surface area contributed by atoms with Crippen LogP contribution in [0.1, 0.15) is 26.2 Å². The minimum atomic E-state index is 0.584. The van der Waals surface area contributed by atoms with E-state index in [1.54, 1.807) is 17.7 Å². The van der Waals surface area contributed by atoms with Crippen LogP contribution in [0, 0.1) is 5.92 Å². The first-order valence-electron chi connectivity index (χ1n) is 5.79. The fraction of sp³-hybridized carbons (Fsp3) is 0.500. The van der Waals surface area contributed by atoms with Gasteiger partial charge in [-0.15, -0.1) is 11.3 Å². The number of nitrogens with zero attached hydrogens (tertiary/aromatic N) is 2. The van der Waals surface area contributed by atoms with Gasteiger partial charge in [0.1, 0.15) is 12.1 Å². The van der Waals surface area contributed by atoms with E-state index in [1.165, 1.54) is 24.0 Å². The first kappa shape index (κ1) is 10.0. The minimum Gasteiger partial charge on any atom is -0.366 e. The molecule has 1 aliphatic carbocycles. The van der Waals surface area contributed by atoms with Gasteiger partial charge in [0.05, 0.1) is 10.2 Å². The number of rotatable bonds is 2. The standard InChI is InChI=1S/C12H15N3S/c1-8-3-2-4-9(8)15-12-11-10(5-6-16-11)13-7-14-12/h5-9H,2-4H2,1H3,(H,13,14,15). The van der Waals surface area contributed by atoms with E-state index >= 15 is 0 Å². The van der Waals surface area contributed by atoms with Crippen molar-refractivity contribution in [2.75, 3.05) is 5.32 Å². The molecule has 0 aromatic carbocycles. The van der Waals surface area contributed by atoms with Gasteiger partial charge in [0, 0.05) is 6.04 Å². The predicted molar refractivity (Wildman–Crippen MR) is 67.8 cm³/mol. The van der Waals surface area contributed by atoms with E-state index < -0.39 is 0 Å². The summed E-state index contributed by atoms with van der Waals surface area (Å²) in [6.45, 7) is 2.32. The highest BCUT2D eigenvalue weighted by atomic mass is 32.1. The molecule has 0 saturated heterocycles. The highest BCUT2D eigenvalue weighted by Gasteiger charge is 2.24. The van der Waals surface area contributed by atoms with Crippen molar-refractivity contribution in [2.45, 2.75) is 32.2 Å². The Morgan fingerprint density at radius 1 is 1.38 bits per heavy atom. The number of nitrogens with one attached hydrogen (secondary N) is 1. The first-order valence-corrected chi connectivity index (χ1v) is 6.67. The molecule has 4 heteroatoms. The molecule has 1 saturated carbocycles. The smallest absolute Gasteiger partial charge is 0.147 e. The van der Waals surface area contributed by atoms with Crippen LogP contribution in [0.4, 0.5) is 5.82 Å². The first-order chi connectivity index (χ1) is 7.84. The molecule has 0 aliphatic heterocycles. The number of anilines is 1. The zero-order valence-corrected chi connectivity index (χ0v) is 10.1. The Kier molecular flexibility index (Phi) is 2.52. The fourth-order valence-corrected chi connectivity index (χ4v) is 3.22. The Labute approximate surface area is 98.9 Å². The molecule has 2 aromatic rings. The maximum Gasteiger partial charge on any atom is 0.147 e. The lowest BCUT2D eigenvalue weighted by Crippen LogP contribution is -2.22. The van der Waals surface area contributed by atoms with Gasteiger partial charge in [-0.05, 0) is 30.2 Å². The summed E-state index contributed by atoms with van der Waals surface area (Å²) in [4.78, 5) is 8.62. The molecule has 1 aliphatic rings. The Morgan fingerprint density at radius 3 is 3.12 bits per heavy atom. The van der Waals surface area contributed by atoms with Gasteiger partial charge < -0.3 is 5.32 Å². The molecule has 2 heterocycles. The SMILES string of the molecule is CC1CCCC1Nc1ncnc2ccsc12. The summed E-state index contributed by atoms with van der Waals surface area (Å²) in [6.07, 6.45) is 5.57. The van der Waals surface area contributed by atoms with Crippen molar-refractivity contribution in [3.8, 4) is 0 Å². The molecule has 2 unspecified atom stereocenters. The zero-order valence-electron chi connectivity index (χ0n) is 9.31. The number of hydrogen-bond donors (Lipinski definition) is 1. The van der Waals surface area contributed by atoms with E-state index in [1.807, 2.05) is 6.07 Å². The summed E-state index contributed by atoms with van der Waals surface area (Å²) >= 11 is 1.71. The summed E-state index contributed by atoms with van der Waals surface area (Å²) in [5, 5.41) is 5.65. The van der Waals surface area contributed by atoms with Gasteiger partial charge in [0.15, 0.2) is 0 Å². The van der Waals surface area contributed by atoms with E-state index in [0.717, 1.165) is 17.3 Å². The number of fused-ring (bicyclic) bond motifs is 1. The summed E-state index contributed by atoms with van der Waals surface area (Å²) in [5.41, 5.74) is 1.05. The molecule has 0 amide bonds. The third-order valence-electron chi connectivity index (χ3n) is 3.43. The molecule has 2 aromatic heterocycles. The summed E-state index contributed by atoms with van der Waals surface area (Å²) in [5.74, 6) is 1.77. The van der Waals surface area contributed by atoms with Crippen LogP contribution in [-0.4, -0.2) is 16.0 Å². The fourth-order valence-electron chi connectivity index (χ4n) is 2.43. The van der Waals surface area contributed by atoms with Crippen LogP contribution in [0.15, 0.2) is 17.8 Å². The van der Waals surface area contributed by atoms with E-state index in [4.69, 9.17) is 0 Å². The second-order valence-corrected chi connectivity index (χ2v) is 5.43.